The Hall–Kier alpha value is -13.5. The highest BCUT2D eigenvalue weighted by atomic mass is 15.1. The van der Waals surface area contributed by atoms with Crippen LogP contribution in [0.15, 0.2) is 401 Å². The van der Waals surface area contributed by atoms with Gasteiger partial charge in [-0.2, -0.15) is 0 Å². The zero-order chi connectivity index (χ0) is 67.5. The fourth-order valence-corrected chi connectivity index (χ4v) is 15.6. The minimum Gasteiger partial charge on any atom is -0.315 e. The third-order valence-corrected chi connectivity index (χ3v) is 20.5. The van der Waals surface area contributed by atoms with Crippen LogP contribution in [0.5, 0.6) is 0 Å². The quantitative estimate of drug-likeness (QED) is 0.120. The van der Waals surface area contributed by atoms with Crippen LogP contribution in [0.25, 0.3) is 142 Å². The molecule has 0 aliphatic heterocycles. The van der Waals surface area contributed by atoms with Crippen LogP contribution in [0, 0.1) is 0 Å². The predicted molar refractivity (Wildman–Crippen MR) is 434 cm³/mol. The van der Waals surface area contributed by atoms with Crippen LogP contribution < -0.4 is 9.80 Å². The van der Waals surface area contributed by atoms with Gasteiger partial charge in [0.2, 0.25) is 0 Å². The van der Waals surface area contributed by atoms with E-state index in [0.29, 0.717) is 0 Å². The highest BCUT2D eigenvalue weighted by molar-refractivity contribution is 6.16. The molecule has 4 heterocycles. The normalized spacial score (nSPS) is 11.5. The fourth-order valence-electron chi connectivity index (χ4n) is 15.6. The van der Waals surface area contributed by atoms with Gasteiger partial charge in [-0.25, -0.2) is 0 Å². The molecule has 0 radical (unpaired) electrons. The minimum absolute atomic E-state index is 1.11. The van der Waals surface area contributed by atoms with Gasteiger partial charge in [0.05, 0.1) is 33.4 Å². The second-order valence-corrected chi connectivity index (χ2v) is 26.4. The summed E-state index contributed by atoms with van der Waals surface area (Å²) in [4.78, 5) is 4.80. The Morgan fingerprint density at radius 1 is 0.167 bits per heavy atom. The summed E-state index contributed by atoms with van der Waals surface area (Å²) in [5, 5.41) is 14.8. The molecule has 0 saturated heterocycles. The summed E-state index contributed by atoms with van der Waals surface area (Å²) in [7, 11) is 0. The van der Waals surface area contributed by atoms with E-state index >= 15 is 0 Å². The average Bonchev–Trinajstić information content (AvgIpc) is 1.47. The number of pyridine rings is 2. The van der Waals surface area contributed by atoms with E-state index in [1.54, 1.807) is 0 Å². The summed E-state index contributed by atoms with van der Waals surface area (Å²) in [5.41, 5.74) is 23.9. The Morgan fingerprint density at radius 3 is 1.06 bits per heavy atom. The molecule has 0 aliphatic rings. The third-order valence-electron chi connectivity index (χ3n) is 20.5. The monoisotopic (exact) mass is 1300 g/mol. The van der Waals surface area contributed by atoms with E-state index in [-0.39, 0.29) is 0 Å². The highest BCUT2D eigenvalue weighted by Crippen LogP contribution is 2.46. The molecule has 478 valence electrons. The van der Waals surface area contributed by atoms with Gasteiger partial charge in [0.25, 0.3) is 0 Å². The first-order valence-electron chi connectivity index (χ1n) is 35.0. The molecule has 0 amide bonds. The number of hydrogen-bond acceptors (Lipinski definition) is 2. The first kappa shape index (κ1) is 59.7. The second kappa shape index (κ2) is 25.4. The van der Waals surface area contributed by atoms with Gasteiger partial charge in [-0.15, -0.1) is 0 Å². The van der Waals surface area contributed by atoms with Crippen LogP contribution in [0.3, 0.4) is 0 Å². The summed E-state index contributed by atoms with van der Waals surface area (Å²) < 4.78 is 4.73. The van der Waals surface area contributed by atoms with E-state index < -0.39 is 0 Å². The highest BCUT2D eigenvalue weighted by Gasteiger charge is 2.22. The summed E-state index contributed by atoms with van der Waals surface area (Å²) in [6, 6.07) is 141. The van der Waals surface area contributed by atoms with Gasteiger partial charge in [0.1, 0.15) is 0 Å². The average molecular weight is 1300 g/mol. The molecule has 0 unspecified atom stereocenters. The van der Waals surface area contributed by atoms with E-state index in [9.17, 15) is 0 Å². The lowest BCUT2D eigenvalue weighted by molar-refractivity contribution is 1.27. The molecule has 20 rings (SSSR count). The van der Waals surface area contributed by atoms with Crippen molar-refractivity contribution < 1.29 is 0 Å². The summed E-state index contributed by atoms with van der Waals surface area (Å²) >= 11 is 0. The number of benzene rings is 16. The zero-order valence-electron chi connectivity index (χ0n) is 55.9. The lowest BCUT2D eigenvalue weighted by Crippen LogP contribution is -2.10. The van der Waals surface area contributed by atoms with E-state index in [0.717, 1.165) is 34.1 Å². The number of hydrogen-bond donors (Lipinski definition) is 0. The molecule has 0 fully saturated rings. The van der Waals surface area contributed by atoms with Crippen LogP contribution in [-0.2, 0) is 0 Å². The van der Waals surface area contributed by atoms with E-state index in [1.165, 1.54) is 142 Å². The molecule has 0 N–H and O–H groups in total. The smallest absolute Gasteiger partial charge is 0.0547 e. The fraction of sp³-hybridized carbons (Fsp3) is 0. The molecule has 20 aromatic rings. The van der Waals surface area contributed by atoms with Crippen molar-refractivity contribution >= 4 is 121 Å². The van der Waals surface area contributed by atoms with Gasteiger partial charge >= 0.3 is 0 Å². The Morgan fingerprint density at radius 2 is 0.529 bits per heavy atom. The standard InChI is InChI=1S/C50H34N2.C48H32N2/c1-3-12-35(13-4-1)36-24-28-43(29-25-36)52(48-21-11-17-38-14-7-8-18-45(38)48)44-30-26-37(27-31-44)40-22-23-41-33-49-50(39-15-5-2-6-16-39)46-19-9-10-20-47(46)51(49)34-42(41)32-40;1-3-13-33(14-4-1)34-23-26-39(27-24-34)50(46-31-37-17-7-8-18-41(37)42-19-9-10-20-43(42)46)40-28-25-36-30-47-48(35-15-5-2-6-16-35)44-21-11-12-22-45(44)49(47)32-38(36)29-40/h1-34H;1-32H. The summed E-state index contributed by atoms with van der Waals surface area (Å²) in [5.74, 6) is 0. The predicted octanol–water partition coefficient (Wildman–Crippen LogP) is 27.2. The maximum atomic E-state index is 2.43. The second-order valence-electron chi connectivity index (χ2n) is 26.4. The Kier molecular flexibility index (Phi) is 14.9. The molecule has 16 aromatic carbocycles. The molecule has 0 saturated carbocycles. The Labute approximate surface area is 592 Å². The largest absolute Gasteiger partial charge is 0.315 e. The van der Waals surface area contributed by atoms with Crippen molar-refractivity contribution in [3.63, 3.8) is 0 Å². The van der Waals surface area contributed by atoms with Gasteiger partial charge in [-0.1, -0.05) is 297 Å². The van der Waals surface area contributed by atoms with Crippen LogP contribution >= 0.6 is 0 Å². The van der Waals surface area contributed by atoms with Gasteiger partial charge in [0, 0.05) is 73.2 Å². The SMILES string of the molecule is c1ccc(-c2ccc(N(c3ccc(-c4ccc5cc6c(-c7ccccc7)c7ccccc7n6cc5c4)cc3)c3cccc4ccccc34)cc2)cc1.c1ccc(-c2ccc(N(c3ccc4cc5c(-c6ccccc6)c6ccccc6n5cc4c3)c3cc4ccccc4c4ccccc34)cc2)cc1. The van der Waals surface area contributed by atoms with Crippen LogP contribution in [-0.4, -0.2) is 8.80 Å². The first-order chi connectivity index (χ1) is 50.6. The molecule has 4 nitrogen and oxygen atoms in total. The van der Waals surface area contributed by atoms with Crippen LogP contribution in [0.1, 0.15) is 0 Å². The molecule has 4 heteroatoms. The van der Waals surface area contributed by atoms with Gasteiger partial charge < -0.3 is 18.6 Å². The van der Waals surface area contributed by atoms with Crippen LogP contribution in [0.2, 0.25) is 0 Å². The van der Waals surface area contributed by atoms with Crippen molar-refractivity contribution in [2.24, 2.45) is 0 Å². The van der Waals surface area contributed by atoms with Gasteiger partial charge in [-0.3, -0.25) is 0 Å². The molecule has 0 aliphatic carbocycles. The van der Waals surface area contributed by atoms with Crippen molar-refractivity contribution in [3.8, 4) is 55.6 Å². The van der Waals surface area contributed by atoms with Crippen LogP contribution in [0.4, 0.5) is 34.1 Å². The van der Waals surface area contributed by atoms with E-state index in [4.69, 9.17) is 0 Å². The summed E-state index contributed by atoms with van der Waals surface area (Å²) in [6.07, 6.45) is 4.62. The molecular formula is C98H66N4. The van der Waals surface area contributed by atoms with Crippen molar-refractivity contribution in [3.05, 3.63) is 401 Å². The molecule has 4 aromatic heterocycles. The maximum absolute atomic E-state index is 2.43. The Balaban J connectivity index is 0.000000141. The van der Waals surface area contributed by atoms with E-state index in [1.807, 2.05) is 0 Å². The molecule has 0 atom stereocenters. The molecule has 0 bridgehead atoms. The van der Waals surface area contributed by atoms with Crippen molar-refractivity contribution in [2.45, 2.75) is 0 Å². The third kappa shape index (κ3) is 10.7. The van der Waals surface area contributed by atoms with E-state index in [2.05, 4.69) is 419 Å². The number of fused-ring (bicyclic) bond motifs is 12. The first-order valence-corrected chi connectivity index (χ1v) is 35.0. The van der Waals surface area contributed by atoms with Crippen molar-refractivity contribution in [1.29, 1.82) is 0 Å². The zero-order valence-corrected chi connectivity index (χ0v) is 55.9. The Bertz CT molecular complexity index is 6510. The maximum Gasteiger partial charge on any atom is 0.0547 e. The van der Waals surface area contributed by atoms with Crippen molar-refractivity contribution in [1.82, 2.24) is 8.80 Å². The minimum atomic E-state index is 1.11. The number of aromatic nitrogens is 2. The summed E-state index contributed by atoms with van der Waals surface area (Å²) in [6.45, 7) is 0. The molecular weight excluding hydrogens is 1230 g/mol. The number of nitrogens with zero attached hydrogens (tertiary/aromatic N) is 4. The van der Waals surface area contributed by atoms with Crippen molar-refractivity contribution in [2.75, 3.05) is 9.80 Å². The molecule has 0 spiro atoms. The van der Waals surface area contributed by atoms with Gasteiger partial charge in [0.15, 0.2) is 0 Å². The number of rotatable bonds is 11. The lowest BCUT2D eigenvalue weighted by atomic mass is 9.98. The lowest BCUT2D eigenvalue weighted by Gasteiger charge is -2.28. The topological polar surface area (TPSA) is 15.3 Å². The number of anilines is 6. The van der Waals surface area contributed by atoms with Gasteiger partial charge in [-0.05, 0) is 173 Å². The number of para-hydroxylation sites is 2. The molecule has 102 heavy (non-hydrogen) atoms.